The quantitative estimate of drug-likeness (QED) is 0.524. The van der Waals surface area contributed by atoms with Gasteiger partial charge in [-0.2, -0.15) is 35.3 Å². The van der Waals surface area contributed by atoms with Gasteiger partial charge < -0.3 is 10.6 Å². The molecule has 0 fully saturated rings. The van der Waals surface area contributed by atoms with E-state index in [1.807, 2.05) is 37.6 Å². The minimum absolute atomic E-state index is 1.13. The Labute approximate surface area is 107 Å². The first kappa shape index (κ1) is 16.0. The van der Waals surface area contributed by atoms with E-state index in [1.54, 1.807) is 0 Å². The van der Waals surface area contributed by atoms with Crippen LogP contribution < -0.4 is 10.6 Å². The molecule has 0 unspecified atom stereocenters. The molecular formula is C10H24N2S3. The molecule has 0 heterocycles. The molecule has 0 aliphatic heterocycles. The normalized spacial score (nSPS) is 10.8. The second-order valence-electron chi connectivity index (χ2n) is 3.04. The molecule has 0 saturated heterocycles. The summed E-state index contributed by atoms with van der Waals surface area (Å²) in [6.45, 7) is 2.27. The van der Waals surface area contributed by atoms with Crippen LogP contribution in [0, 0.1) is 0 Å². The SMILES string of the molecule is CNCCSCCSCCSCCNC. The molecular weight excluding hydrogens is 244 g/mol. The second-order valence-corrected chi connectivity index (χ2v) is 6.72. The van der Waals surface area contributed by atoms with Gasteiger partial charge in [-0.25, -0.2) is 0 Å². The van der Waals surface area contributed by atoms with Crippen LogP contribution in [-0.2, 0) is 0 Å². The molecule has 0 aromatic rings. The second kappa shape index (κ2) is 15.0. The fourth-order valence-electron chi connectivity index (χ4n) is 0.890. The van der Waals surface area contributed by atoms with Crippen LogP contribution in [0.2, 0.25) is 0 Å². The molecule has 92 valence electrons. The van der Waals surface area contributed by atoms with E-state index in [2.05, 4.69) is 22.4 Å². The Morgan fingerprint density at radius 2 is 0.933 bits per heavy atom. The Kier molecular flexibility index (Phi) is 15.9. The summed E-state index contributed by atoms with van der Waals surface area (Å²) in [7, 11) is 4.02. The number of nitrogens with one attached hydrogen (secondary N) is 2. The van der Waals surface area contributed by atoms with Crippen molar-refractivity contribution in [2.45, 2.75) is 0 Å². The Bertz CT molecular complexity index is 103. The Balaban J connectivity index is 2.81. The highest BCUT2D eigenvalue weighted by molar-refractivity contribution is 8.04. The van der Waals surface area contributed by atoms with Crippen molar-refractivity contribution < 1.29 is 0 Å². The summed E-state index contributed by atoms with van der Waals surface area (Å²) in [5.74, 6) is 7.70. The van der Waals surface area contributed by atoms with Gasteiger partial charge in [0.1, 0.15) is 0 Å². The van der Waals surface area contributed by atoms with E-state index in [1.165, 1.54) is 34.5 Å². The predicted octanol–water partition coefficient (Wildman–Crippen LogP) is 1.62. The Morgan fingerprint density at radius 1 is 0.600 bits per heavy atom. The Morgan fingerprint density at radius 3 is 1.27 bits per heavy atom. The van der Waals surface area contributed by atoms with Crippen molar-refractivity contribution in [3.63, 3.8) is 0 Å². The molecule has 0 atom stereocenters. The van der Waals surface area contributed by atoms with Crippen LogP contribution in [0.25, 0.3) is 0 Å². The van der Waals surface area contributed by atoms with Crippen LogP contribution in [0.5, 0.6) is 0 Å². The van der Waals surface area contributed by atoms with Gasteiger partial charge in [-0.1, -0.05) is 0 Å². The maximum Gasteiger partial charge on any atom is 0.00582 e. The summed E-state index contributed by atoms with van der Waals surface area (Å²) >= 11 is 6.19. The highest BCUT2D eigenvalue weighted by atomic mass is 32.2. The molecule has 0 aliphatic carbocycles. The predicted molar refractivity (Wildman–Crippen MR) is 79.8 cm³/mol. The minimum Gasteiger partial charge on any atom is -0.319 e. The van der Waals surface area contributed by atoms with E-state index in [0.717, 1.165) is 13.1 Å². The van der Waals surface area contributed by atoms with Gasteiger partial charge in [-0.3, -0.25) is 0 Å². The molecule has 2 N–H and O–H groups in total. The molecule has 0 aliphatic rings. The monoisotopic (exact) mass is 268 g/mol. The highest BCUT2D eigenvalue weighted by Gasteiger charge is 1.92. The van der Waals surface area contributed by atoms with Gasteiger partial charge in [-0.05, 0) is 14.1 Å². The van der Waals surface area contributed by atoms with Crippen LogP contribution in [0.3, 0.4) is 0 Å². The molecule has 5 heteroatoms. The fourth-order valence-corrected chi connectivity index (χ4v) is 4.09. The summed E-state index contributed by atoms with van der Waals surface area (Å²) in [5, 5.41) is 6.32. The molecule has 0 aromatic heterocycles. The molecule has 0 aromatic carbocycles. The molecule has 0 amide bonds. The van der Waals surface area contributed by atoms with Gasteiger partial charge in [0.15, 0.2) is 0 Å². The largest absolute Gasteiger partial charge is 0.319 e. The van der Waals surface area contributed by atoms with Crippen LogP contribution in [0.15, 0.2) is 0 Å². The summed E-state index contributed by atoms with van der Waals surface area (Å²) in [4.78, 5) is 0. The van der Waals surface area contributed by atoms with Crippen LogP contribution in [0.4, 0.5) is 0 Å². The lowest BCUT2D eigenvalue weighted by atomic mass is 10.8. The molecule has 0 radical (unpaired) electrons. The van der Waals surface area contributed by atoms with Crippen LogP contribution in [0.1, 0.15) is 0 Å². The third kappa shape index (κ3) is 15.0. The van der Waals surface area contributed by atoms with Crippen molar-refractivity contribution in [3.05, 3.63) is 0 Å². The highest BCUT2D eigenvalue weighted by Crippen LogP contribution is 2.09. The lowest BCUT2D eigenvalue weighted by Gasteiger charge is -2.02. The molecule has 0 bridgehead atoms. The number of rotatable bonds is 12. The minimum atomic E-state index is 1.13. The van der Waals surface area contributed by atoms with Crippen molar-refractivity contribution >= 4 is 35.3 Å². The van der Waals surface area contributed by atoms with Gasteiger partial charge in [-0.15, -0.1) is 0 Å². The first-order chi connectivity index (χ1) is 7.41. The van der Waals surface area contributed by atoms with Crippen LogP contribution >= 0.6 is 35.3 Å². The summed E-state index contributed by atoms with van der Waals surface area (Å²) in [6, 6.07) is 0. The van der Waals surface area contributed by atoms with Gasteiger partial charge in [0.05, 0.1) is 0 Å². The van der Waals surface area contributed by atoms with E-state index in [4.69, 9.17) is 0 Å². The number of thioether (sulfide) groups is 3. The van der Waals surface area contributed by atoms with E-state index >= 15 is 0 Å². The average Bonchev–Trinajstić information content (AvgIpc) is 2.26. The average molecular weight is 269 g/mol. The van der Waals surface area contributed by atoms with Crippen molar-refractivity contribution in [1.29, 1.82) is 0 Å². The molecule has 0 rings (SSSR count). The lowest BCUT2D eigenvalue weighted by Crippen LogP contribution is -2.10. The van der Waals surface area contributed by atoms with Gasteiger partial charge in [0.2, 0.25) is 0 Å². The first-order valence-corrected chi connectivity index (χ1v) is 8.90. The zero-order chi connectivity index (χ0) is 11.2. The molecule has 0 spiro atoms. The standard InChI is InChI=1S/C10H24N2S3/c1-11-3-5-13-7-9-15-10-8-14-6-4-12-2/h11-12H,3-10H2,1-2H3. The topological polar surface area (TPSA) is 24.1 Å². The zero-order valence-electron chi connectivity index (χ0n) is 9.88. The van der Waals surface area contributed by atoms with Gasteiger partial charge in [0.25, 0.3) is 0 Å². The maximum atomic E-state index is 3.16. The van der Waals surface area contributed by atoms with Crippen molar-refractivity contribution in [1.82, 2.24) is 10.6 Å². The summed E-state index contributed by atoms with van der Waals surface area (Å²) < 4.78 is 0. The van der Waals surface area contributed by atoms with Gasteiger partial charge >= 0.3 is 0 Å². The molecule has 2 nitrogen and oxygen atoms in total. The van der Waals surface area contributed by atoms with E-state index in [0.29, 0.717) is 0 Å². The number of hydrogen-bond donors (Lipinski definition) is 2. The van der Waals surface area contributed by atoms with Crippen molar-refractivity contribution in [3.8, 4) is 0 Å². The number of hydrogen-bond acceptors (Lipinski definition) is 5. The zero-order valence-corrected chi connectivity index (χ0v) is 12.3. The van der Waals surface area contributed by atoms with E-state index < -0.39 is 0 Å². The Hall–Kier alpha value is 0.970. The lowest BCUT2D eigenvalue weighted by molar-refractivity contribution is 0.872. The van der Waals surface area contributed by atoms with Crippen molar-refractivity contribution in [2.75, 3.05) is 61.7 Å². The van der Waals surface area contributed by atoms with Crippen LogP contribution in [-0.4, -0.2) is 61.7 Å². The first-order valence-electron chi connectivity index (χ1n) is 5.44. The van der Waals surface area contributed by atoms with E-state index in [-0.39, 0.29) is 0 Å². The van der Waals surface area contributed by atoms with Gasteiger partial charge in [0, 0.05) is 47.6 Å². The fraction of sp³-hybridized carbons (Fsp3) is 1.00. The summed E-state index contributed by atoms with van der Waals surface area (Å²) in [6.07, 6.45) is 0. The maximum absolute atomic E-state index is 3.16. The van der Waals surface area contributed by atoms with Crippen molar-refractivity contribution in [2.24, 2.45) is 0 Å². The smallest absolute Gasteiger partial charge is 0.00582 e. The van der Waals surface area contributed by atoms with E-state index in [9.17, 15) is 0 Å². The summed E-state index contributed by atoms with van der Waals surface area (Å²) in [5.41, 5.74) is 0. The molecule has 15 heavy (non-hydrogen) atoms. The third-order valence-electron chi connectivity index (χ3n) is 1.74. The molecule has 0 saturated carbocycles. The third-order valence-corrected chi connectivity index (χ3v) is 5.21.